The Morgan fingerprint density at radius 1 is 1.26 bits per heavy atom. The molecule has 0 saturated carbocycles. The van der Waals surface area contributed by atoms with Crippen molar-refractivity contribution >= 4 is 5.91 Å². The van der Waals surface area contributed by atoms with Crippen molar-refractivity contribution in [3.05, 3.63) is 40.9 Å². The normalized spacial score (nSPS) is 10.7. The first-order valence-electron chi connectivity index (χ1n) is 8.09. The van der Waals surface area contributed by atoms with Crippen LogP contribution in [0.4, 0.5) is 0 Å². The van der Waals surface area contributed by atoms with Crippen LogP contribution in [0.15, 0.2) is 39.7 Å². The predicted molar refractivity (Wildman–Crippen MR) is 88.0 cm³/mol. The fraction of sp³-hybridized carbons (Fsp3) is 0.471. The van der Waals surface area contributed by atoms with Gasteiger partial charge >= 0.3 is 0 Å². The summed E-state index contributed by atoms with van der Waals surface area (Å²) in [4.78, 5) is 23.5. The van der Waals surface area contributed by atoms with Gasteiger partial charge in [0.15, 0.2) is 5.76 Å². The van der Waals surface area contributed by atoms with Gasteiger partial charge in [-0.05, 0) is 24.6 Å². The number of aromatic nitrogens is 2. The first-order valence-corrected chi connectivity index (χ1v) is 8.09. The van der Waals surface area contributed by atoms with Gasteiger partial charge in [-0.25, -0.2) is 4.68 Å². The van der Waals surface area contributed by atoms with Gasteiger partial charge < -0.3 is 9.73 Å². The number of hydrogen-bond donors (Lipinski definition) is 1. The lowest BCUT2D eigenvalue weighted by Crippen LogP contribution is -2.31. The molecule has 0 aromatic carbocycles. The summed E-state index contributed by atoms with van der Waals surface area (Å²) >= 11 is 0. The molecule has 6 nitrogen and oxygen atoms in total. The van der Waals surface area contributed by atoms with Crippen LogP contribution in [0.3, 0.4) is 0 Å². The van der Waals surface area contributed by atoms with Crippen molar-refractivity contribution in [2.75, 3.05) is 6.54 Å². The summed E-state index contributed by atoms with van der Waals surface area (Å²) in [6, 6.07) is 6.64. The first-order chi connectivity index (χ1) is 11.2. The van der Waals surface area contributed by atoms with E-state index in [-0.39, 0.29) is 11.5 Å². The van der Waals surface area contributed by atoms with E-state index in [0.29, 0.717) is 31.0 Å². The van der Waals surface area contributed by atoms with Crippen LogP contribution in [0.25, 0.3) is 11.5 Å². The van der Waals surface area contributed by atoms with Gasteiger partial charge in [0, 0.05) is 19.0 Å². The summed E-state index contributed by atoms with van der Waals surface area (Å²) in [5.41, 5.74) is 0.401. The number of furan rings is 1. The summed E-state index contributed by atoms with van der Waals surface area (Å²) in [6.07, 6.45) is 6.40. The van der Waals surface area contributed by atoms with E-state index in [2.05, 4.69) is 17.3 Å². The number of unbranched alkanes of at least 4 members (excludes halogenated alkanes) is 3. The minimum absolute atomic E-state index is 0.0244. The Bertz CT molecular complexity index is 662. The van der Waals surface area contributed by atoms with E-state index in [9.17, 15) is 9.59 Å². The molecule has 2 aromatic heterocycles. The largest absolute Gasteiger partial charge is 0.463 e. The van der Waals surface area contributed by atoms with Gasteiger partial charge in [-0.3, -0.25) is 9.59 Å². The van der Waals surface area contributed by atoms with Crippen molar-refractivity contribution in [2.24, 2.45) is 0 Å². The highest BCUT2D eigenvalue weighted by Gasteiger charge is 2.06. The third-order valence-corrected chi connectivity index (χ3v) is 3.54. The predicted octanol–water partition coefficient (Wildman–Crippen LogP) is 2.59. The average Bonchev–Trinajstić information content (AvgIpc) is 3.08. The van der Waals surface area contributed by atoms with Crippen molar-refractivity contribution in [1.82, 2.24) is 15.1 Å². The Kier molecular flexibility index (Phi) is 6.59. The maximum atomic E-state index is 11.8. The number of amides is 1. The summed E-state index contributed by atoms with van der Waals surface area (Å²) in [6.45, 7) is 2.87. The molecule has 0 unspecified atom stereocenters. The molecule has 0 saturated heterocycles. The van der Waals surface area contributed by atoms with E-state index in [0.717, 1.165) is 25.7 Å². The minimum atomic E-state index is -0.197. The van der Waals surface area contributed by atoms with E-state index in [1.54, 1.807) is 24.5 Å². The molecule has 0 aliphatic rings. The van der Waals surface area contributed by atoms with E-state index >= 15 is 0 Å². The molecule has 1 amide bonds. The molecule has 2 heterocycles. The number of hydrogen-bond acceptors (Lipinski definition) is 4. The Labute approximate surface area is 135 Å². The maximum absolute atomic E-state index is 11.8. The summed E-state index contributed by atoms with van der Waals surface area (Å²) < 4.78 is 6.62. The number of rotatable bonds is 9. The van der Waals surface area contributed by atoms with Crippen LogP contribution in [0.5, 0.6) is 0 Å². The molecule has 23 heavy (non-hydrogen) atoms. The Morgan fingerprint density at radius 3 is 2.87 bits per heavy atom. The van der Waals surface area contributed by atoms with Crippen LogP contribution in [0.1, 0.15) is 39.0 Å². The second-order valence-electron chi connectivity index (χ2n) is 5.42. The lowest BCUT2D eigenvalue weighted by molar-refractivity contribution is -0.121. The molecule has 0 atom stereocenters. The molecule has 0 radical (unpaired) electrons. The van der Waals surface area contributed by atoms with Gasteiger partial charge in [-0.15, -0.1) is 0 Å². The number of nitrogens with zero attached hydrogens (tertiary/aromatic N) is 2. The highest BCUT2D eigenvalue weighted by Crippen LogP contribution is 2.14. The molecule has 0 bridgehead atoms. The van der Waals surface area contributed by atoms with Gasteiger partial charge in [0.25, 0.3) is 5.56 Å². The highest BCUT2D eigenvalue weighted by molar-refractivity contribution is 5.75. The van der Waals surface area contributed by atoms with Gasteiger partial charge in [0.2, 0.25) is 5.91 Å². The highest BCUT2D eigenvalue weighted by atomic mass is 16.3. The quantitative estimate of drug-likeness (QED) is 0.721. The zero-order chi connectivity index (χ0) is 16.5. The first kappa shape index (κ1) is 17.0. The zero-order valence-electron chi connectivity index (χ0n) is 13.5. The smallest absolute Gasteiger partial charge is 0.266 e. The van der Waals surface area contributed by atoms with E-state index in [1.807, 2.05) is 0 Å². The second kappa shape index (κ2) is 8.92. The zero-order valence-corrected chi connectivity index (χ0v) is 13.5. The van der Waals surface area contributed by atoms with E-state index in [4.69, 9.17) is 4.42 Å². The monoisotopic (exact) mass is 317 g/mol. The fourth-order valence-electron chi connectivity index (χ4n) is 2.27. The molecule has 0 spiro atoms. The van der Waals surface area contributed by atoms with Crippen molar-refractivity contribution in [2.45, 2.75) is 45.6 Å². The summed E-state index contributed by atoms with van der Waals surface area (Å²) in [5.74, 6) is 0.634. The third kappa shape index (κ3) is 5.39. The van der Waals surface area contributed by atoms with Crippen LogP contribution in [0, 0.1) is 0 Å². The third-order valence-electron chi connectivity index (χ3n) is 3.54. The molecule has 0 aliphatic carbocycles. The van der Waals surface area contributed by atoms with Crippen molar-refractivity contribution in [1.29, 1.82) is 0 Å². The van der Waals surface area contributed by atoms with Crippen LogP contribution in [-0.4, -0.2) is 22.2 Å². The van der Waals surface area contributed by atoms with E-state index in [1.165, 1.54) is 10.7 Å². The standard InChI is InChI=1S/C17H23N3O3/c1-2-3-4-5-8-16(21)18-11-12-20-17(22)10-9-14(19-20)15-7-6-13-23-15/h6-7,9-10,13H,2-5,8,11-12H2,1H3,(H,18,21). The molecule has 6 heteroatoms. The molecular weight excluding hydrogens is 294 g/mol. The SMILES string of the molecule is CCCCCCC(=O)NCCn1nc(-c2ccco2)ccc1=O. The Balaban J connectivity index is 1.82. The van der Waals surface area contributed by atoms with Crippen LogP contribution in [-0.2, 0) is 11.3 Å². The van der Waals surface area contributed by atoms with Gasteiger partial charge in [0.05, 0.1) is 12.8 Å². The molecule has 0 aliphatic heterocycles. The molecule has 2 aromatic rings. The minimum Gasteiger partial charge on any atom is -0.463 e. The molecular formula is C17H23N3O3. The summed E-state index contributed by atoms with van der Waals surface area (Å²) in [5, 5.41) is 7.08. The Hall–Kier alpha value is -2.37. The van der Waals surface area contributed by atoms with Crippen LogP contribution in [0.2, 0.25) is 0 Å². The van der Waals surface area contributed by atoms with Gasteiger partial charge in [-0.1, -0.05) is 26.2 Å². The van der Waals surface area contributed by atoms with Crippen molar-refractivity contribution in [3.8, 4) is 11.5 Å². The van der Waals surface area contributed by atoms with Gasteiger partial charge in [0.1, 0.15) is 5.69 Å². The average molecular weight is 317 g/mol. The van der Waals surface area contributed by atoms with Gasteiger partial charge in [-0.2, -0.15) is 5.10 Å². The second-order valence-corrected chi connectivity index (χ2v) is 5.42. The summed E-state index contributed by atoms with van der Waals surface area (Å²) in [7, 11) is 0. The molecule has 1 N–H and O–H groups in total. The molecule has 2 rings (SSSR count). The molecule has 124 valence electrons. The Morgan fingerprint density at radius 2 is 2.13 bits per heavy atom. The lowest BCUT2D eigenvalue weighted by Gasteiger charge is -2.07. The number of carbonyl (C=O) groups excluding carboxylic acids is 1. The van der Waals surface area contributed by atoms with Crippen molar-refractivity contribution < 1.29 is 9.21 Å². The van der Waals surface area contributed by atoms with E-state index < -0.39 is 0 Å². The van der Waals surface area contributed by atoms with Crippen LogP contribution >= 0.6 is 0 Å². The number of carbonyl (C=O) groups is 1. The number of nitrogens with one attached hydrogen (secondary N) is 1. The topological polar surface area (TPSA) is 77.1 Å². The van der Waals surface area contributed by atoms with Crippen molar-refractivity contribution in [3.63, 3.8) is 0 Å². The maximum Gasteiger partial charge on any atom is 0.266 e. The lowest BCUT2D eigenvalue weighted by atomic mass is 10.1. The molecule has 0 fully saturated rings. The van der Waals surface area contributed by atoms with Crippen LogP contribution < -0.4 is 10.9 Å². The fourth-order valence-corrected chi connectivity index (χ4v) is 2.27.